The van der Waals surface area contributed by atoms with Crippen molar-refractivity contribution in [2.45, 2.75) is 19.4 Å². The zero-order valence-corrected chi connectivity index (χ0v) is 15.1. The number of carbonyl (C=O) groups excluding carboxylic acids is 1. The van der Waals surface area contributed by atoms with Crippen LogP contribution in [0.25, 0.3) is 5.69 Å². The number of hydrogen-bond donors (Lipinski definition) is 1. The van der Waals surface area contributed by atoms with Gasteiger partial charge in [-0.3, -0.25) is 9.69 Å². The SMILES string of the molecule is C[C@@H](NC(=O)CN1CCCN(C)CC1)c1ccccc1-n1cccn1. The molecule has 1 atom stereocenters. The largest absolute Gasteiger partial charge is 0.348 e. The third kappa shape index (κ3) is 4.67. The molecule has 1 N–H and O–H groups in total. The lowest BCUT2D eigenvalue weighted by molar-refractivity contribution is -0.122. The van der Waals surface area contributed by atoms with E-state index in [1.54, 1.807) is 6.20 Å². The van der Waals surface area contributed by atoms with E-state index < -0.39 is 0 Å². The Morgan fingerprint density at radius 1 is 1.20 bits per heavy atom. The molecule has 1 amide bonds. The van der Waals surface area contributed by atoms with Crippen LogP contribution < -0.4 is 5.32 Å². The van der Waals surface area contributed by atoms with Gasteiger partial charge in [-0.2, -0.15) is 5.10 Å². The molecule has 134 valence electrons. The van der Waals surface area contributed by atoms with Crippen LogP contribution in [0.2, 0.25) is 0 Å². The van der Waals surface area contributed by atoms with E-state index in [0.717, 1.165) is 43.9 Å². The maximum absolute atomic E-state index is 12.5. The third-order valence-electron chi connectivity index (χ3n) is 4.71. The van der Waals surface area contributed by atoms with E-state index >= 15 is 0 Å². The Bertz CT molecular complexity index is 685. The number of hydrogen-bond acceptors (Lipinski definition) is 4. The fourth-order valence-corrected chi connectivity index (χ4v) is 3.30. The normalized spacial score (nSPS) is 17.8. The number of carbonyl (C=O) groups is 1. The lowest BCUT2D eigenvalue weighted by Crippen LogP contribution is -2.40. The number of rotatable bonds is 5. The van der Waals surface area contributed by atoms with Gasteiger partial charge in [0, 0.05) is 25.5 Å². The van der Waals surface area contributed by atoms with Crippen LogP contribution in [0, 0.1) is 0 Å². The number of likely N-dealkylation sites (N-methyl/N-ethyl adjacent to an activating group) is 1. The predicted octanol–water partition coefficient (Wildman–Crippen LogP) is 1.69. The van der Waals surface area contributed by atoms with E-state index in [-0.39, 0.29) is 11.9 Å². The minimum Gasteiger partial charge on any atom is -0.348 e. The van der Waals surface area contributed by atoms with Gasteiger partial charge < -0.3 is 10.2 Å². The van der Waals surface area contributed by atoms with Gasteiger partial charge in [-0.15, -0.1) is 0 Å². The van der Waals surface area contributed by atoms with Crippen molar-refractivity contribution < 1.29 is 4.79 Å². The summed E-state index contributed by atoms with van der Waals surface area (Å²) < 4.78 is 1.84. The molecule has 0 bridgehead atoms. The van der Waals surface area contributed by atoms with E-state index in [4.69, 9.17) is 0 Å². The first kappa shape index (κ1) is 17.6. The molecule has 6 heteroatoms. The second-order valence-electron chi connectivity index (χ2n) is 6.73. The van der Waals surface area contributed by atoms with Gasteiger partial charge >= 0.3 is 0 Å². The van der Waals surface area contributed by atoms with Gasteiger partial charge in [-0.1, -0.05) is 18.2 Å². The Morgan fingerprint density at radius 3 is 2.84 bits per heavy atom. The van der Waals surface area contributed by atoms with Crippen LogP contribution in [0.3, 0.4) is 0 Å². The standard InChI is InChI=1S/C19H27N5O/c1-16(17-7-3-4-8-18(17)24-12-5-9-20-24)21-19(25)15-23-11-6-10-22(2)13-14-23/h3-5,7-9,12,16H,6,10-11,13-15H2,1-2H3,(H,21,25)/t16-/m1/s1. The number of aromatic nitrogens is 2. The molecule has 25 heavy (non-hydrogen) atoms. The van der Waals surface area contributed by atoms with E-state index in [1.807, 2.05) is 48.1 Å². The lowest BCUT2D eigenvalue weighted by atomic mass is 10.1. The smallest absolute Gasteiger partial charge is 0.234 e. The minimum absolute atomic E-state index is 0.0671. The number of amides is 1. The molecule has 0 saturated carbocycles. The second-order valence-corrected chi connectivity index (χ2v) is 6.73. The summed E-state index contributed by atoms with van der Waals surface area (Å²) in [5.41, 5.74) is 2.06. The Labute approximate surface area is 149 Å². The van der Waals surface area contributed by atoms with Gasteiger partial charge in [0.1, 0.15) is 0 Å². The highest BCUT2D eigenvalue weighted by Crippen LogP contribution is 2.20. The molecule has 6 nitrogen and oxygen atoms in total. The minimum atomic E-state index is -0.0671. The van der Waals surface area contributed by atoms with Crippen molar-refractivity contribution in [1.82, 2.24) is 24.9 Å². The topological polar surface area (TPSA) is 53.4 Å². The molecule has 0 unspecified atom stereocenters. The molecule has 1 aromatic heterocycles. The predicted molar refractivity (Wildman–Crippen MR) is 98.7 cm³/mol. The van der Waals surface area contributed by atoms with Crippen molar-refractivity contribution in [2.24, 2.45) is 0 Å². The fourth-order valence-electron chi connectivity index (χ4n) is 3.30. The Morgan fingerprint density at radius 2 is 2.04 bits per heavy atom. The van der Waals surface area contributed by atoms with Gasteiger partial charge in [0.05, 0.1) is 18.3 Å². The van der Waals surface area contributed by atoms with Crippen molar-refractivity contribution in [3.05, 3.63) is 48.3 Å². The molecule has 1 aliphatic rings. The van der Waals surface area contributed by atoms with E-state index in [9.17, 15) is 4.79 Å². The number of nitrogens with one attached hydrogen (secondary N) is 1. The molecule has 2 aromatic rings. The van der Waals surface area contributed by atoms with Crippen molar-refractivity contribution in [2.75, 3.05) is 39.8 Å². The Hall–Kier alpha value is -2.18. The van der Waals surface area contributed by atoms with Crippen LogP contribution in [0.15, 0.2) is 42.7 Å². The first-order chi connectivity index (χ1) is 12.1. The van der Waals surface area contributed by atoms with E-state index in [0.29, 0.717) is 6.54 Å². The van der Waals surface area contributed by atoms with Crippen molar-refractivity contribution in [3.8, 4) is 5.69 Å². The summed E-state index contributed by atoms with van der Waals surface area (Å²) >= 11 is 0. The summed E-state index contributed by atoms with van der Waals surface area (Å²) in [4.78, 5) is 17.1. The quantitative estimate of drug-likeness (QED) is 0.899. The Kier molecular flexibility index (Phi) is 5.83. The summed E-state index contributed by atoms with van der Waals surface area (Å²) in [5.74, 6) is 0.0762. The highest BCUT2D eigenvalue weighted by Gasteiger charge is 2.18. The summed E-state index contributed by atoms with van der Waals surface area (Å²) in [7, 11) is 2.14. The summed E-state index contributed by atoms with van der Waals surface area (Å²) in [6.45, 7) is 6.54. The van der Waals surface area contributed by atoms with Crippen LogP contribution in [-0.2, 0) is 4.79 Å². The monoisotopic (exact) mass is 341 g/mol. The number of para-hydroxylation sites is 1. The van der Waals surface area contributed by atoms with Crippen LogP contribution >= 0.6 is 0 Å². The number of benzene rings is 1. The van der Waals surface area contributed by atoms with Crippen molar-refractivity contribution in [1.29, 1.82) is 0 Å². The molecule has 0 radical (unpaired) electrons. The zero-order valence-electron chi connectivity index (χ0n) is 15.1. The van der Waals surface area contributed by atoms with Crippen LogP contribution in [0.5, 0.6) is 0 Å². The maximum atomic E-state index is 12.5. The first-order valence-electron chi connectivity index (χ1n) is 8.92. The molecule has 0 aliphatic carbocycles. The molecular weight excluding hydrogens is 314 g/mol. The average molecular weight is 341 g/mol. The molecule has 1 aliphatic heterocycles. The summed E-state index contributed by atoms with van der Waals surface area (Å²) in [5, 5.41) is 7.45. The molecule has 1 fully saturated rings. The Balaban J connectivity index is 1.62. The van der Waals surface area contributed by atoms with Gasteiger partial charge in [0.25, 0.3) is 0 Å². The van der Waals surface area contributed by atoms with Gasteiger partial charge in [0.15, 0.2) is 0 Å². The number of nitrogens with zero attached hydrogens (tertiary/aromatic N) is 4. The summed E-state index contributed by atoms with van der Waals surface area (Å²) in [6, 6.07) is 9.88. The first-order valence-corrected chi connectivity index (χ1v) is 8.92. The third-order valence-corrected chi connectivity index (χ3v) is 4.71. The summed E-state index contributed by atoms with van der Waals surface area (Å²) in [6.07, 6.45) is 4.79. The average Bonchev–Trinajstić information content (AvgIpc) is 3.06. The highest BCUT2D eigenvalue weighted by molar-refractivity contribution is 5.78. The fraction of sp³-hybridized carbons (Fsp3) is 0.474. The molecular formula is C19H27N5O. The molecule has 1 saturated heterocycles. The second kappa shape index (κ2) is 8.27. The van der Waals surface area contributed by atoms with Crippen LogP contribution in [0.4, 0.5) is 0 Å². The van der Waals surface area contributed by atoms with Gasteiger partial charge in [-0.25, -0.2) is 4.68 Å². The molecule has 2 heterocycles. The molecule has 0 spiro atoms. The maximum Gasteiger partial charge on any atom is 0.234 e. The van der Waals surface area contributed by atoms with Gasteiger partial charge in [-0.05, 0) is 51.2 Å². The van der Waals surface area contributed by atoms with Crippen LogP contribution in [0.1, 0.15) is 24.9 Å². The highest BCUT2D eigenvalue weighted by atomic mass is 16.2. The van der Waals surface area contributed by atoms with Crippen molar-refractivity contribution in [3.63, 3.8) is 0 Å². The molecule has 1 aromatic carbocycles. The van der Waals surface area contributed by atoms with Crippen molar-refractivity contribution >= 4 is 5.91 Å². The van der Waals surface area contributed by atoms with Gasteiger partial charge in [0.2, 0.25) is 5.91 Å². The van der Waals surface area contributed by atoms with E-state index in [1.165, 1.54) is 0 Å². The molecule has 3 rings (SSSR count). The lowest BCUT2D eigenvalue weighted by Gasteiger charge is -2.22. The van der Waals surface area contributed by atoms with E-state index in [2.05, 4.69) is 27.3 Å². The van der Waals surface area contributed by atoms with Crippen LogP contribution in [-0.4, -0.2) is 65.3 Å². The zero-order chi connectivity index (χ0) is 17.6.